The lowest BCUT2D eigenvalue weighted by atomic mass is 10.2. The van der Waals surface area contributed by atoms with E-state index in [-0.39, 0.29) is 0 Å². The molecule has 2 aromatic carbocycles. The van der Waals surface area contributed by atoms with E-state index in [1.165, 1.54) is 0 Å². The first-order chi connectivity index (χ1) is 13.7. The maximum atomic E-state index is 5.42. The summed E-state index contributed by atoms with van der Waals surface area (Å²) in [7, 11) is 4.72. The first-order valence-corrected chi connectivity index (χ1v) is 8.57. The maximum absolute atomic E-state index is 5.42. The van der Waals surface area contributed by atoms with E-state index in [1.54, 1.807) is 27.7 Å². The zero-order valence-electron chi connectivity index (χ0n) is 15.7. The second kappa shape index (κ2) is 7.43. The number of hydrogen-bond donors (Lipinski definition) is 2. The van der Waals surface area contributed by atoms with Crippen molar-refractivity contribution in [3.05, 3.63) is 48.8 Å². The molecule has 8 heteroatoms. The lowest BCUT2D eigenvalue weighted by Crippen LogP contribution is -2.01. The number of benzene rings is 2. The number of anilines is 2. The number of imidazole rings is 1. The van der Waals surface area contributed by atoms with Gasteiger partial charge in [0.2, 0.25) is 5.75 Å². The number of aromatic amines is 1. The normalized spacial score (nSPS) is 10.7. The van der Waals surface area contributed by atoms with Crippen LogP contribution in [0.4, 0.5) is 11.5 Å². The van der Waals surface area contributed by atoms with Crippen LogP contribution in [0.2, 0.25) is 0 Å². The summed E-state index contributed by atoms with van der Waals surface area (Å²) in [4.78, 5) is 16.6. The van der Waals surface area contributed by atoms with Crippen LogP contribution in [0.25, 0.3) is 22.6 Å². The standard InChI is InChI=1S/C20H19N5O3/c1-26-14-9-13(10-15(27-2)17(14)28-3)23-20-16-19(22-11-21-16)24-18(25-20)12-7-5-4-6-8-12/h4-11H,1-3H3,(H2,21,22,23,24,25). The topological polar surface area (TPSA) is 94.2 Å². The lowest BCUT2D eigenvalue weighted by Gasteiger charge is -2.15. The van der Waals surface area contributed by atoms with E-state index in [9.17, 15) is 0 Å². The predicted molar refractivity (Wildman–Crippen MR) is 107 cm³/mol. The first kappa shape index (κ1) is 17.6. The van der Waals surface area contributed by atoms with Crippen molar-refractivity contribution in [2.75, 3.05) is 26.6 Å². The van der Waals surface area contributed by atoms with Gasteiger partial charge in [0.1, 0.15) is 5.52 Å². The van der Waals surface area contributed by atoms with E-state index in [2.05, 4.69) is 25.3 Å². The van der Waals surface area contributed by atoms with E-state index >= 15 is 0 Å². The number of H-pyrrole nitrogens is 1. The number of rotatable bonds is 6. The Morgan fingerprint density at radius 1 is 0.893 bits per heavy atom. The molecule has 0 aliphatic rings. The molecule has 0 spiro atoms. The summed E-state index contributed by atoms with van der Waals surface area (Å²) in [6.45, 7) is 0. The highest BCUT2D eigenvalue weighted by Gasteiger charge is 2.16. The number of ether oxygens (including phenoxy) is 3. The van der Waals surface area contributed by atoms with Crippen LogP contribution in [0.3, 0.4) is 0 Å². The van der Waals surface area contributed by atoms with Crippen molar-refractivity contribution in [1.29, 1.82) is 0 Å². The van der Waals surface area contributed by atoms with Crippen LogP contribution in [0.1, 0.15) is 0 Å². The summed E-state index contributed by atoms with van der Waals surface area (Å²) in [5, 5.41) is 3.31. The average molecular weight is 377 g/mol. The van der Waals surface area contributed by atoms with Gasteiger partial charge in [-0.05, 0) is 0 Å². The molecule has 0 fully saturated rings. The highest BCUT2D eigenvalue weighted by atomic mass is 16.5. The Balaban J connectivity index is 1.81. The van der Waals surface area contributed by atoms with Gasteiger partial charge >= 0.3 is 0 Å². The van der Waals surface area contributed by atoms with Crippen LogP contribution in [0, 0.1) is 0 Å². The molecular formula is C20H19N5O3. The third-order valence-corrected chi connectivity index (χ3v) is 4.25. The van der Waals surface area contributed by atoms with Crippen molar-refractivity contribution in [2.24, 2.45) is 0 Å². The van der Waals surface area contributed by atoms with Crippen molar-refractivity contribution in [1.82, 2.24) is 19.9 Å². The van der Waals surface area contributed by atoms with Crippen LogP contribution in [0.5, 0.6) is 17.2 Å². The van der Waals surface area contributed by atoms with Crippen molar-refractivity contribution < 1.29 is 14.2 Å². The minimum Gasteiger partial charge on any atom is -0.493 e. The SMILES string of the molecule is COc1cc(Nc2nc(-c3ccccc3)nc3nc[nH]c23)cc(OC)c1OC. The summed E-state index contributed by atoms with van der Waals surface area (Å²) in [5.41, 5.74) is 2.90. The highest BCUT2D eigenvalue weighted by Crippen LogP contribution is 2.40. The molecule has 2 heterocycles. The molecule has 0 saturated heterocycles. The van der Waals surface area contributed by atoms with Gasteiger partial charge in [-0.2, -0.15) is 0 Å². The molecule has 142 valence electrons. The Hall–Kier alpha value is -3.81. The molecule has 2 N–H and O–H groups in total. The van der Waals surface area contributed by atoms with E-state index in [4.69, 9.17) is 14.2 Å². The molecule has 4 aromatic rings. The second-order valence-corrected chi connectivity index (χ2v) is 5.90. The fraction of sp³-hybridized carbons (Fsp3) is 0.150. The summed E-state index contributed by atoms with van der Waals surface area (Å²) in [6, 6.07) is 13.4. The molecule has 2 aromatic heterocycles. The van der Waals surface area contributed by atoms with Crippen molar-refractivity contribution in [3.63, 3.8) is 0 Å². The predicted octanol–water partition coefficient (Wildman–Crippen LogP) is 3.79. The van der Waals surface area contributed by atoms with Crippen LogP contribution in [-0.4, -0.2) is 41.3 Å². The van der Waals surface area contributed by atoms with E-state index in [1.807, 2.05) is 42.5 Å². The number of fused-ring (bicyclic) bond motifs is 1. The molecule has 8 nitrogen and oxygen atoms in total. The Bertz CT molecular complexity index is 1090. The van der Waals surface area contributed by atoms with Gasteiger partial charge in [-0.15, -0.1) is 0 Å². The summed E-state index contributed by atoms with van der Waals surface area (Å²) < 4.78 is 16.2. The van der Waals surface area contributed by atoms with Crippen LogP contribution < -0.4 is 19.5 Å². The van der Waals surface area contributed by atoms with Gasteiger partial charge in [-0.1, -0.05) is 30.3 Å². The maximum Gasteiger partial charge on any atom is 0.203 e. The van der Waals surface area contributed by atoms with Gasteiger partial charge in [0.15, 0.2) is 28.8 Å². The van der Waals surface area contributed by atoms with Crippen molar-refractivity contribution in [2.45, 2.75) is 0 Å². The monoisotopic (exact) mass is 377 g/mol. The fourth-order valence-electron chi connectivity index (χ4n) is 2.93. The highest BCUT2D eigenvalue weighted by molar-refractivity contribution is 5.87. The van der Waals surface area contributed by atoms with Gasteiger partial charge in [0, 0.05) is 23.4 Å². The Morgan fingerprint density at radius 3 is 2.25 bits per heavy atom. The van der Waals surface area contributed by atoms with E-state index in [0.29, 0.717) is 40.1 Å². The molecular weight excluding hydrogens is 358 g/mol. The van der Waals surface area contributed by atoms with Gasteiger partial charge < -0.3 is 24.5 Å². The Morgan fingerprint density at radius 2 is 1.61 bits per heavy atom. The van der Waals surface area contributed by atoms with Crippen LogP contribution >= 0.6 is 0 Å². The molecule has 0 bridgehead atoms. The molecule has 0 unspecified atom stereocenters. The Kier molecular flexibility index (Phi) is 4.67. The Labute approximate surface area is 161 Å². The van der Waals surface area contributed by atoms with Crippen molar-refractivity contribution in [3.8, 4) is 28.6 Å². The van der Waals surface area contributed by atoms with Crippen LogP contribution in [-0.2, 0) is 0 Å². The largest absolute Gasteiger partial charge is 0.493 e. The molecule has 0 atom stereocenters. The minimum atomic E-state index is 0.523. The molecule has 0 aliphatic carbocycles. The first-order valence-electron chi connectivity index (χ1n) is 8.57. The summed E-state index contributed by atoms with van der Waals surface area (Å²) in [5.74, 6) is 2.78. The van der Waals surface area contributed by atoms with Crippen LogP contribution in [0.15, 0.2) is 48.8 Å². The van der Waals surface area contributed by atoms with E-state index < -0.39 is 0 Å². The quantitative estimate of drug-likeness (QED) is 0.528. The summed E-state index contributed by atoms with van der Waals surface area (Å²) >= 11 is 0. The zero-order chi connectivity index (χ0) is 19.5. The molecule has 0 radical (unpaired) electrons. The number of hydrogen-bond acceptors (Lipinski definition) is 7. The molecule has 0 aliphatic heterocycles. The number of methoxy groups -OCH3 is 3. The summed E-state index contributed by atoms with van der Waals surface area (Å²) in [6.07, 6.45) is 1.59. The van der Waals surface area contributed by atoms with E-state index in [0.717, 1.165) is 11.3 Å². The van der Waals surface area contributed by atoms with Gasteiger partial charge in [-0.25, -0.2) is 15.0 Å². The fourth-order valence-corrected chi connectivity index (χ4v) is 2.93. The third-order valence-electron chi connectivity index (χ3n) is 4.25. The zero-order valence-corrected chi connectivity index (χ0v) is 15.7. The average Bonchev–Trinajstić information content (AvgIpc) is 3.22. The lowest BCUT2D eigenvalue weighted by molar-refractivity contribution is 0.324. The number of aromatic nitrogens is 4. The third kappa shape index (κ3) is 3.16. The minimum absolute atomic E-state index is 0.523. The number of nitrogens with zero attached hydrogens (tertiary/aromatic N) is 3. The number of nitrogens with one attached hydrogen (secondary N) is 2. The molecule has 28 heavy (non-hydrogen) atoms. The molecule has 0 saturated carbocycles. The van der Waals surface area contributed by atoms with Crippen molar-refractivity contribution >= 4 is 22.7 Å². The molecule has 4 rings (SSSR count). The second-order valence-electron chi connectivity index (χ2n) is 5.90. The smallest absolute Gasteiger partial charge is 0.203 e. The molecule has 0 amide bonds. The van der Waals surface area contributed by atoms with Gasteiger partial charge in [0.05, 0.1) is 27.7 Å². The van der Waals surface area contributed by atoms with Gasteiger partial charge in [0.25, 0.3) is 0 Å². The van der Waals surface area contributed by atoms with Gasteiger partial charge in [-0.3, -0.25) is 0 Å².